The molecule has 1 aliphatic carbocycles. The molecule has 2 atom stereocenters. The molecule has 5 nitrogen and oxygen atoms in total. The maximum atomic E-state index is 5.99. The van der Waals surface area contributed by atoms with Crippen molar-refractivity contribution in [1.29, 1.82) is 0 Å². The molecule has 1 saturated heterocycles. The highest BCUT2D eigenvalue weighted by Crippen LogP contribution is 2.33. The first-order valence-corrected chi connectivity index (χ1v) is 10.6. The molecule has 0 bridgehead atoms. The van der Waals surface area contributed by atoms with Crippen molar-refractivity contribution in [2.24, 2.45) is 10.9 Å². The van der Waals surface area contributed by atoms with Crippen LogP contribution in [0.5, 0.6) is 0 Å². The summed E-state index contributed by atoms with van der Waals surface area (Å²) in [7, 11) is 1.83. The third-order valence-electron chi connectivity index (χ3n) is 5.62. The Labute approximate surface area is 187 Å². The smallest absolute Gasteiger partial charge is 0.190 e. The monoisotopic (exact) mass is 501 g/mol. The predicted molar refractivity (Wildman–Crippen MR) is 125 cm³/mol. The van der Waals surface area contributed by atoms with Crippen LogP contribution in [0, 0.1) is 5.92 Å². The van der Waals surface area contributed by atoms with E-state index < -0.39 is 0 Å². The lowest BCUT2D eigenvalue weighted by Crippen LogP contribution is -2.40. The van der Waals surface area contributed by atoms with E-state index in [0.717, 1.165) is 45.1 Å². The molecule has 0 amide bonds. The van der Waals surface area contributed by atoms with Crippen molar-refractivity contribution >= 4 is 29.9 Å². The SMILES string of the molecule is CN=C(NCCCOC1CCCCC1)NCC1CCOC1c1ccccc1.I. The van der Waals surface area contributed by atoms with E-state index in [1.165, 1.54) is 37.7 Å². The fraction of sp³-hybridized carbons (Fsp3) is 0.682. The van der Waals surface area contributed by atoms with Crippen LogP contribution in [-0.2, 0) is 9.47 Å². The molecule has 2 N–H and O–H groups in total. The van der Waals surface area contributed by atoms with Crippen molar-refractivity contribution in [2.45, 2.75) is 57.2 Å². The number of halogens is 1. The Kier molecular flexibility index (Phi) is 11.2. The van der Waals surface area contributed by atoms with Gasteiger partial charge >= 0.3 is 0 Å². The van der Waals surface area contributed by atoms with Gasteiger partial charge < -0.3 is 20.1 Å². The van der Waals surface area contributed by atoms with Gasteiger partial charge in [0.05, 0.1) is 12.2 Å². The Morgan fingerprint density at radius 1 is 1.11 bits per heavy atom. The van der Waals surface area contributed by atoms with Crippen LogP contribution in [-0.4, -0.2) is 45.4 Å². The van der Waals surface area contributed by atoms with E-state index in [2.05, 4.69) is 46.0 Å². The second-order valence-corrected chi connectivity index (χ2v) is 7.62. The Hall–Kier alpha value is -0.860. The van der Waals surface area contributed by atoms with Gasteiger partial charge in [-0.1, -0.05) is 49.6 Å². The van der Waals surface area contributed by atoms with Gasteiger partial charge in [0, 0.05) is 39.3 Å². The van der Waals surface area contributed by atoms with E-state index in [0.29, 0.717) is 12.0 Å². The lowest BCUT2D eigenvalue weighted by molar-refractivity contribution is 0.0277. The summed E-state index contributed by atoms with van der Waals surface area (Å²) in [4.78, 5) is 4.35. The Morgan fingerprint density at radius 2 is 1.89 bits per heavy atom. The fourth-order valence-corrected chi connectivity index (χ4v) is 4.06. The molecule has 1 saturated carbocycles. The predicted octanol–water partition coefficient (Wildman–Crippen LogP) is 4.29. The Balaban J connectivity index is 0.00000280. The Morgan fingerprint density at radius 3 is 2.64 bits per heavy atom. The maximum Gasteiger partial charge on any atom is 0.190 e. The van der Waals surface area contributed by atoms with Crippen molar-refractivity contribution in [2.75, 3.05) is 33.4 Å². The van der Waals surface area contributed by atoms with Gasteiger partial charge in [0.2, 0.25) is 0 Å². The number of ether oxygens (including phenoxy) is 2. The van der Waals surface area contributed by atoms with Gasteiger partial charge in [-0.2, -0.15) is 0 Å². The van der Waals surface area contributed by atoms with E-state index in [4.69, 9.17) is 9.47 Å². The molecule has 1 heterocycles. The molecule has 1 aromatic rings. The van der Waals surface area contributed by atoms with E-state index in [1.54, 1.807) is 0 Å². The highest BCUT2D eigenvalue weighted by Gasteiger charge is 2.29. The summed E-state index contributed by atoms with van der Waals surface area (Å²) < 4.78 is 12.0. The number of benzene rings is 1. The number of aliphatic imine (C=N–C) groups is 1. The largest absolute Gasteiger partial charge is 0.378 e. The molecule has 1 aromatic carbocycles. The van der Waals surface area contributed by atoms with Crippen LogP contribution in [0.1, 0.15) is 56.6 Å². The van der Waals surface area contributed by atoms with Gasteiger partial charge in [-0.3, -0.25) is 4.99 Å². The minimum atomic E-state index is 0. The van der Waals surface area contributed by atoms with Crippen LogP contribution in [0.2, 0.25) is 0 Å². The summed E-state index contributed by atoms with van der Waals surface area (Å²) in [6.45, 7) is 3.42. The van der Waals surface area contributed by atoms with E-state index >= 15 is 0 Å². The molecular weight excluding hydrogens is 465 g/mol. The standard InChI is InChI=1S/C22H35N3O2.HI/c1-23-22(24-14-8-15-26-20-11-6-3-7-12-20)25-17-19-13-16-27-21(19)18-9-4-2-5-10-18;/h2,4-5,9-10,19-21H,3,6-8,11-17H2,1H3,(H2,23,24,25);1H. The molecular formula is C22H36IN3O2. The van der Waals surface area contributed by atoms with Gasteiger partial charge in [-0.15, -0.1) is 24.0 Å². The first-order valence-electron chi connectivity index (χ1n) is 10.6. The van der Waals surface area contributed by atoms with Gasteiger partial charge in [-0.05, 0) is 31.2 Å². The lowest BCUT2D eigenvalue weighted by Gasteiger charge is -2.22. The molecule has 2 unspecified atom stereocenters. The van der Waals surface area contributed by atoms with Crippen LogP contribution < -0.4 is 10.6 Å². The molecule has 1 aliphatic heterocycles. The molecule has 3 rings (SSSR count). The summed E-state index contributed by atoms with van der Waals surface area (Å²) in [5.41, 5.74) is 1.27. The molecule has 0 spiro atoms. The number of nitrogens with zero attached hydrogens (tertiary/aromatic N) is 1. The van der Waals surface area contributed by atoms with E-state index in [1.807, 2.05) is 7.05 Å². The summed E-state index contributed by atoms with van der Waals surface area (Å²) in [5.74, 6) is 1.34. The summed E-state index contributed by atoms with van der Waals surface area (Å²) >= 11 is 0. The second-order valence-electron chi connectivity index (χ2n) is 7.62. The van der Waals surface area contributed by atoms with Crippen molar-refractivity contribution in [1.82, 2.24) is 10.6 Å². The highest BCUT2D eigenvalue weighted by molar-refractivity contribution is 14.0. The maximum absolute atomic E-state index is 5.99. The third-order valence-corrected chi connectivity index (χ3v) is 5.62. The molecule has 2 fully saturated rings. The van der Waals surface area contributed by atoms with Gasteiger partial charge in [-0.25, -0.2) is 0 Å². The first-order chi connectivity index (χ1) is 13.4. The van der Waals surface area contributed by atoms with Crippen LogP contribution in [0.25, 0.3) is 0 Å². The summed E-state index contributed by atoms with van der Waals surface area (Å²) in [6.07, 6.45) is 9.28. The number of hydrogen-bond donors (Lipinski definition) is 2. The van der Waals surface area contributed by atoms with Crippen LogP contribution in [0.15, 0.2) is 35.3 Å². The number of rotatable bonds is 8. The first kappa shape index (κ1) is 23.4. The molecule has 158 valence electrons. The van der Waals surface area contributed by atoms with Gasteiger partial charge in [0.15, 0.2) is 5.96 Å². The third kappa shape index (κ3) is 7.52. The van der Waals surface area contributed by atoms with Crippen LogP contribution in [0.4, 0.5) is 0 Å². The highest BCUT2D eigenvalue weighted by atomic mass is 127. The second kappa shape index (κ2) is 13.4. The number of guanidine groups is 1. The van der Waals surface area contributed by atoms with Crippen LogP contribution in [0.3, 0.4) is 0 Å². The van der Waals surface area contributed by atoms with Gasteiger partial charge in [0.25, 0.3) is 0 Å². The zero-order valence-corrected chi connectivity index (χ0v) is 19.4. The minimum Gasteiger partial charge on any atom is -0.378 e. The summed E-state index contributed by atoms with van der Waals surface area (Å²) in [5, 5.41) is 6.87. The molecule has 0 aromatic heterocycles. The van der Waals surface area contributed by atoms with Crippen molar-refractivity contribution in [3.8, 4) is 0 Å². The molecule has 2 aliphatic rings. The van der Waals surface area contributed by atoms with E-state index in [-0.39, 0.29) is 30.1 Å². The zero-order chi connectivity index (χ0) is 18.7. The fourth-order valence-electron chi connectivity index (χ4n) is 4.06. The number of nitrogens with one attached hydrogen (secondary N) is 2. The van der Waals surface area contributed by atoms with Gasteiger partial charge in [0.1, 0.15) is 0 Å². The number of hydrogen-bond acceptors (Lipinski definition) is 3. The minimum absolute atomic E-state index is 0. The average Bonchev–Trinajstić information content (AvgIpc) is 3.20. The van der Waals surface area contributed by atoms with Crippen LogP contribution >= 0.6 is 24.0 Å². The normalized spacial score (nSPS) is 23.2. The quantitative estimate of drug-likeness (QED) is 0.242. The topological polar surface area (TPSA) is 54.9 Å². The lowest BCUT2D eigenvalue weighted by atomic mass is 9.95. The molecule has 28 heavy (non-hydrogen) atoms. The van der Waals surface area contributed by atoms with Crippen molar-refractivity contribution in [3.05, 3.63) is 35.9 Å². The van der Waals surface area contributed by atoms with E-state index in [9.17, 15) is 0 Å². The Bertz CT molecular complexity index is 564. The van der Waals surface area contributed by atoms with Crippen molar-refractivity contribution in [3.63, 3.8) is 0 Å². The summed E-state index contributed by atoms with van der Waals surface area (Å²) in [6, 6.07) is 10.5. The zero-order valence-electron chi connectivity index (χ0n) is 17.1. The molecule has 0 radical (unpaired) electrons. The average molecular weight is 501 g/mol. The molecule has 6 heteroatoms. The van der Waals surface area contributed by atoms with Crippen molar-refractivity contribution < 1.29 is 9.47 Å².